The standard InChI is InChI=1S/C12H12N2O4S/c1-7(11-13-3-4-19-11)14-6-10(18-2)9(15)5-8(14)12(16)17/h3-7H,1-2H3,(H,16,17). The number of nitrogens with zero attached hydrogens (tertiary/aromatic N) is 2. The number of pyridine rings is 1. The highest BCUT2D eigenvalue weighted by molar-refractivity contribution is 7.09. The van der Waals surface area contributed by atoms with Crippen LogP contribution in [0.15, 0.2) is 28.6 Å². The predicted molar refractivity (Wildman–Crippen MR) is 70.1 cm³/mol. The Hall–Kier alpha value is -2.15. The topological polar surface area (TPSA) is 81.4 Å². The normalized spacial score (nSPS) is 12.1. The molecule has 1 unspecified atom stereocenters. The van der Waals surface area contributed by atoms with E-state index in [1.807, 2.05) is 12.3 Å². The van der Waals surface area contributed by atoms with E-state index < -0.39 is 11.4 Å². The van der Waals surface area contributed by atoms with Gasteiger partial charge >= 0.3 is 5.97 Å². The van der Waals surface area contributed by atoms with Gasteiger partial charge in [0.1, 0.15) is 10.7 Å². The van der Waals surface area contributed by atoms with Gasteiger partial charge < -0.3 is 14.4 Å². The Morgan fingerprint density at radius 1 is 1.58 bits per heavy atom. The third-order valence-corrected chi connectivity index (χ3v) is 3.66. The molecule has 2 aromatic rings. The van der Waals surface area contributed by atoms with E-state index in [1.165, 1.54) is 29.2 Å². The number of carbonyl (C=O) groups is 1. The fraction of sp³-hybridized carbons (Fsp3) is 0.250. The Labute approximate surface area is 112 Å². The Morgan fingerprint density at radius 3 is 2.84 bits per heavy atom. The van der Waals surface area contributed by atoms with Gasteiger partial charge in [-0.3, -0.25) is 4.79 Å². The summed E-state index contributed by atoms with van der Waals surface area (Å²) in [5.41, 5.74) is -0.545. The van der Waals surface area contributed by atoms with E-state index in [4.69, 9.17) is 4.74 Å². The van der Waals surface area contributed by atoms with Gasteiger partial charge in [0, 0.05) is 17.6 Å². The minimum atomic E-state index is -1.16. The number of ether oxygens (including phenoxy) is 1. The van der Waals surface area contributed by atoms with Gasteiger partial charge in [-0.1, -0.05) is 0 Å². The molecule has 0 saturated heterocycles. The average molecular weight is 280 g/mol. The van der Waals surface area contributed by atoms with E-state index in [0.29, 0.717) is 0 Å². The molecule has 0 bridgehead atoms. The Bertz CT molecular complexity index is 648. The third-order valence-electron chi connectivity index (χ3n) is 2.71. The first-order chi connectivity index (χ1) is 9.04. The minimum absolute atomic E-state index is 0.0894. The smallest absolute Gasteiger partial charge is 0.352 e. The maximum Gasteiger partial charge on any atom is 0.352 e. The van der Waals surface area contributed by atoms with Crippen LogP contribution < -0.4 is 10.2 Å². The molecule has 1 N–H and O–H groups in total. The van der Waals surface area contributed by atoms with Crippen LogP contribution in [0, 0.1) is 0 Å². The lowest BCUT2D eigenvalue weighted by Gasteiger charge is -2.17. The van der Waals surface area contributed by atoms with Crippen molar-refractivity contribution in [3.05, 3.63) is 44.8 Å². The monoisotopic (exact) mass is 280 g/mol. The average Bonchev–Trinajstić information content (AvgIpc) is 2.91. The molecule has 0 radical (unpaired) electrons. The quantitative estimate of drug-likeness (QED) is 0.920. The first-order valence-corrected chi connectivity index (χ1v) is 6.35. The zero-order chi connectivity index (χ0) is 14.0. The largest absolute Gasteiger partial charge is 0.491 e. The van der Waals surface area contributed by atoms with Crippen molar-refractivity contribution in [3.63, 3.8) is 0 Å². The van der Waals surface area contributed by atoms with Crippen LogP contribution in [0.25, 0.3) is 0 Å². The molecule has 100 valence electrons. The molecular weight excluding hydrogens is 268 g/mol. The van der Waals surface area contributed by atoms with Crippen LogP contribution in [0.5, 0.6) is 5.75 Å². The summed E-state index contributed by atoms with van der Waals surface area (Å²) in [6.07, 6.45) is 3.05. The van der Waals surface area contributed by atoms with Crippen LogP contribution in [0.3, 0.4) is 0 Å². The molecule has 0 saturated carbocycles. The van der Waals surface area contributed by atoms with Gasteiger partial charge in [-0.2, -0.15) is 0 Å². The van der Waals surface area contributed by atoms with E-state index in [1.54, 1.807) is 6.20 Å². The van der Waals surface area contributed by atoms with Crippen molar-refractivity contribution in [3.8, 4) is 5.75 Å². The summed E-state index contributed by atoms with van der Waals surface area (Å²) < 4.78 is 6.42. The molecular formula is C12H12N2O4S. The fourth-order valence-corrected chi connectivity index (χ4v) is 2.43. The summed E-state index contributed by atoms with van der Waals surface area (Å²) in [5, 5.41) is 11.8. The van der Waals surface area contributed by atoms with E-state index in [2.05, 4.69) is 4.98 Å². The number of carboxylic acids is 1. The van der Waals surface area contributed by atoms with Crippen molar-refractivity contribution >= 4 is 17.3 Å². The molecule has 0 aliphatic carbocycles. The number of hydrogen-bond acceptors (Lipinski definition) is 5. The van der Waals surface area contributed by atoms with Gasteiger partial charge in [0.2, 0.25) is 5.43 Å². The summed E-state index contributed by atoms with van der Waals surface area (Å²) in [7, 11) is 1.37. The van der Waals surface area contributed by atoms with Crippen molar-refractivity contribution in [1.29, 1.82) is 0 Å². The number of hydrogen-bond donors (Lipinski definition) is 1. The number of carboxylic acid groups (broad SMARTS) is 1. The molecule has 6 nitrogen and oxygen atoms in total. The molecule has 0 amide bonds. The summed E-state index contributed by atoms with van der Waals surface area (Å²) in [4.78, 5) is 27.0. The molecule has 0 spiro atoms. The van der Waals surface area contributed by atoms with Gasteiger partial charge in [-0.15, -0.1) is 11.3 Å². The Balaban J connectivity index is 2.60. The molecule has 2 aromatic heterocycles. The number of aromatic nitrogens is 2. The molecule has 7 heteroatoms. The minimum Gasteiger partial charge on any atom is -0.491 e. The fourth-order valence-electron chi connectivity index (χ4n) is 1.74. The number of thiazole rings is 1. The van der Waals surface area contributed by atoms with Gasteiger partial charge in [-0.25, -0.2) is 9.78 Å². The van der Waals surface area contributed by atoms with Gasteiger partial charge in [0.15, 0.2) is 5.75 Å². The molecule has 2 rings (SSSR count). The van der Waals surface area contributed by atoms with E-state index >= 15 is 0 Å². The van der Waals surface area contributed by atoms with E-state index in [0.717, 1.165) is 11.1 Å². The van der Waals surface area contributed by atoms with Crippen molar-refractivity contribution in [2.24, 2.45) is 0 Å². The first-order valence-electron chi connectivity index (χ1n) is 5.47. The first kappa shape index (κ1) is 13.3. The van der Waals surface area contributed by atoms with E-state index in [9.17, 15) is 14.7 Å². The van der Waals surface area contributed by atoms with E-state index in [-0.39, 0.29) is 17.5 Å². The van der Waals surface area contributed by atoms with Gasteiger partial charge in [-0.05, 0) is 6.92 Å². The number of aromatic carboxylic acids is 1. The highest BCUT2D eigenvalue weighted by Gasteiger charge is 2.19. The Morgan fingerprint density at radius 2 is 2.32 bits per heavy atom. The molecule has 0 aliphatic heterocycles. The molecule has 2 heterocycles. The SMILES string of the molecule is COc1cn(C(C)c2nccs2)c(C(=O)O)cc1=O. The Kier molecular flexibility index (Phi) is 3.66. The highest BCUT2D eigenvalue weighted by Crippen LogP contribution is 2.22. The summed E-state index contributed by atoms with van der Waals surface area (Å²) >= 11 is 1.42. The van der Waals surface area contributed by atoms with Gasteiger partial charge in [0.05, 0.1) is 19.3 Å². The van der Waals surface area contributed by atoms with Crippen LogP contribution >= 0.6 is 11.3 Å². The van der Waals surface area contributed by atoms with Crippen molar-refractivity contribution < 1.29 is 14.6 Å². The van der Waals surface area contributed by atoms with Crippen molar-refractivity contribution in [2.45, 2.75) is 13.0 Å². The third kappa shape index (κ3) is 2.50. The number of methoxy groups -OCH3 is 1. The summed E-state index contributed by atoms with van der Waals surface area (Å²) in [6.45, 7) is 1.81. The predicted octanol–water partition coefficient (Wildman–Crippen LogP) is 1.62. The van der Waals surface area contributed by atoms with Crippen LogP contribution in [0.4, 0.5) is 0 Å². The molecule has 19 heavy (non-hydrogen) atoms. The number of rotatable bonds is 4. The second kappa shape index (κ2) is 5.23. The molecule has 0 fully saturated rings. The lowest BCUT2D eigenvalue weighted by atomic mass is 10.2. The maximum atomic E-state index is 11.6. The second-order valence-corrected chi connectivity index (χ2v) is 4.78. The summed E-state index contributed by atoms with van der Waals surface area (Å²) in [5.74, 6) is -1.06. The van der Waals surface area contributed by atoms with Gasteiger partial charge in [0.25, 0.3) is 0 Å². The zero-order valence-corrected chi connectivity index (χ0v) is 11.2. The van der Waals surface area contributed by atoms with Crippen LogP contribution in [-0.2, 0) is 0 Å². The molecule has 0 aromatic carbocycles. The van der Waals surface area contributed by atoms with Crippen molar-refractivity contribution in [1.82, 2.24) is 9.55 Å². The highest BCUT2D eigenvalue weighted by atomic mass is 32.1. The lowest BCUT2D eigenvalue weighted by molar-refractivity contribution is 0.0682. The second-order valence-electron chi connectivity index (χ2n) is 3.85. The lowest BCUT2D eigenvalue weighted by Crippen LogP contribution is -2.20. The zero-order valence-electron chi connectivity index (χ0n) is 10.4. The van der Waals surface area contributed by atoms with Crippen molar-refractivity contribution in [2.75, 3.05) is 7.11 Å². The molecule has 1 atom stereocenters. The maximum absolute atomic E-state index is 11.6. The van der Waals surface area contributed by atoms with Crippen LogP contribution in [0.1, 0.15) is 28.5 Å². The molecule has 0 aliphatic rings. The summed E-state index contributed by atoms with van der Waals surface area (Å²) in [6, 6.07) is 0.770. The van der Waals surface area contributed by atoms with Crippen LogP contribution in [-0.4, -0.2) is 27.7 Å². The van der Waals surface area contributed by atoms with Crippen LogP contribution in [0.2, 0.25) is 0 Å².